The molecule has 29 heavy (non-hydrogen) atoms. The molecule has 4 aromatic rings. The zero-order valence-corrected chi connectivity index (χ0v) is 17.3. The molecule has 4 nitrogen and oxygen atoms in total. The van der Waals surface area contributed by atoms with Crippen molar-refractivity contribution in [2.45, 2.75) is 25.2 Å². The SMILES string of the molecule is COC(=O)c1c(Cl)sc2c(C3CC3)c(Cc3cccc4ccccc34)cc(=O)n12. The lowest BCUT2D eigenvalue weighted by molar-refractivity contribution is 0.0593. The van der Waals surface area contributed by atoms with Gasteiger partial charge in [0.2, 0.25) is 0 Å². The highest BCUT2D eigenvalue weighted by Gasteiger charge is 2.32. The molecule has 0 saturated heterocycles. The molecule has 1 fully saturated rings. The third kappa shape index (κ3) is 3.05. The number of benzene rings is 2. The second-order valence-electron chi connectivity index (χ2n) is 7.37. The second kappa shape index (κ2) is 7.01. The van der Waals surface area contributed by atoms with Crippen LogP contribution in [0.15, 0.2) is 53.3 Å². The van der Waals surface area contributed by atoms with Crippen LogP contribution < -0.4 is 5.56 Å². The minimum absolute atomic E-state index is 0.123. The first-order valence-electron chi connectivity index (χ1n) is 9.50. The van der Waals surface area contributed by atoms with E-state index in [0.29, 0.717) is 12.3 Å². The van der Waals surface area contributed by atoms with Crippen molar-refractivity contribution >= 4 is 44.5 Å². The molecule has 0 bridgehead atoms. The molecule has 0 aliphatic heterocycles. The standard InChI is InChI=1S/C23H18ClNO3S/c1-28-23(27)20-21(24)29-22-19(14-9-10-14)16(12-18(26)25(20)22)11-15-7-4-6-13-5-2-3-8-17(13)15/h2-8,12,14H,9-11H2,1H3. The van der Waals surface area contributed by atoms with Crippen LogP contribution in [0.3, 0.4) is 0 Å². The Bertz CT molecular complexity index is 1330. The van der Waals surface area contributed by atoms with Crippen LogP contribution in [-0.4, -0.2) is 17.5 Å². The summed E-state index contributed by atoms with van der Waals surface area (Å²) in [5.41, 5.74) is 3.22. The molecule has 6 heteroatoms. The number of rotatable bonds is 4. The molecule has 2 heterocycles. The van der Waals surface area contributed by atoms with Crippen LogP contribution in [0, 0.1) is 0 Å². The number of fused-ring (bicyclic) bond motifs is 2. The largest absolute Gasteiger partial charge is 0.464 e. The third-order valence-electron chi connectivity index (χ3n) is 5.52. The number of carbonyl (C=O) groups excluding carboxylic acids is 1. The van der Waals surface area contributed by atoms with Crippen molar-refractivity contribution in [1.29, 1.82) is 0 Å². The molecule has 0 radical (unpaired) electrons. The number of carbonyl (C=O) groups is 1. The monoisotopic (exact) mass is 423 g/mol. The van der Waals surface area contributed by atoms with E-state index in [9.17, 15) is 9.59 Å². The molecule has 0 atom stereocenters. The van der Waals surface area contributed by atoms with Crippen molar-refractivity contribution in [3.8, 4) is 0 Å². The summed E-state index contributed by atoms with van der Waals surface area (Å²) < 4.78 is 6.57. The van der Waals surface area contributed by atoms with E-state index in [1.165, 1.54) is 39.2 Å². The van der Waals surface area contributed by atoms with Gasteiger partial charge in [0.1, 0.15) is 9.17 Å². The maximum absolute atomic E-state index is 13.0. The van der Waals surface area contributed by atoms with Crippen molar-refractivity contribution in [2.24, 2.45) is 0 Å². The first kappa shape index (κ1) is 18.4. The smallest absolute Gasteiger partial charge is 0.357 e. The van der Waals surface area contributed by atoms with Crippen LogP contribution in [0.25, 0.3) is 15.6 Å². The predicted molar refractivity (Wildman–Crippen MR) is 117 cm³/mol. The van der Waals surface area contributed by atoms with Gasteiger partial charge in [-0.2, -0.15) is 0 Å². The fourth-order valence-corrected chi connectivity index (χ4v) is 5.56. The van der Waals surface area contributed by atoms with Gasteiger partial charge in [-0.15, -0.1) is 11.3 Å². The third-order valence-corrected chi connectivity index (χ3v) is 6.90. The molecule has 0 spiro atoms. The summed E-state index contributed by atoms with van der Waals surface area (Å²) in [6, 6.07) is 16.2. The van der Waals surface area contributed by atoms with Crippen LogP contribution in [0.4, 0.5) is 0 Å². The Balaban J connectivity index is 1.74. The van der Waals surface area contributed by atoms with E-state index < -0.39 is 5.97 Å². The lowest BCUT2D eigenvalue weighted by Gasteiger charge is -2.13. The Morgan fingerprint density at radius 1 is 1.17 bits per heavy atom. The first-order chi connectivity index (χ1) is 14.1. The molecule has 1 aliphatic carbocycles. The highest BCUT2D eigenvalue weighted by molar-refractivity contribution is 7.21. The van der Waals surface area contributed by atoms with Gasteiger partial charge in [-0.05, 0) is 52.6 Å². The van der Waals surface area contributed by atoms with Crippen LogP contribution in [0.5, 0.6) is 0 Å². The molecule has 2 aromatic carbocycles. The number of halogens is 1. The number of hydrogen-bond donors (Lipinski definition) is 0. The normalized spacial score (nSPS) is 13.9. The summed E-state index contributed by atoms with van der Waals surface area (Å²) >= 11 is 7.65. The fraction of sp³-hybridized carbons (Fsp3) is 0.217. The van der Waals surface area contributed by atoms with Gasteiger partial charge in [0.15, 0.2) is 5.69 Å². The summed E-state index contributed by atoms with van der Waals surface area (Å²) in [4.78, 5) is 26.0. The molecule has 0 N–H and O–H groups in total. The van der Waals surface area contributed by atoms with Crippen molar-refractivity contribution in [3.63, 3.8) is 0 Å². The van der Waals surface area contributed by atoms with Crippen molar-refractivity contribution in [2.75, 3.05) is 7.11 Å². The van der Waals surface area contributed by atoms with Gasteiger partial charge in [-0.1, -0.05) is 54.1 Å². The highest BCUT2D eigenvalue weighted by Crippen LogP contribution is 2.46. The molecule has 0 unspecified atom stereocenters. The zero-order valence-electron chi connectivity index (χ0n) is 15.8. The molecular formula is C23H18ClNO3S. The topological polar surface area (TPSA) is 47.8 Å². The Morgan fingerprint density at radius 3 is 2.69 bits per heavy atom. The Hall–Kier alpha value is -2.63. The molecule has 146 valence electrons. The second-order valence-corrected chi connectivity index (χ2v) is 8.97. The maximum Gasteiger partial charge on any atom is 0.357 e. The lowest BCUT2D eigenvalue weighted by Crippen LogP contribution is -2.20. The first-order valence-corrected chi connectivity index (χ1v) is 10.7. The van der Waals surface area contributed by atoms with Gasteiger partial charge >= 0.3 is 5.97 Å². The summed E-state index contributed by atoms with van der Waals surface area (Å²) in [5.74, 6) is -0.192. The summed E-state index contributed by atoms with van der Waals surface area (Å²) in [6.07, 6.45) is 2.83. The van der Waals surface area contributed by atoms with Crippen LogP contribution >= 0.6 is 22.9 Å². The van der Waals surface area contributed by atoms with Crippen molar-refractivity contribution in [3.05, 3.63) is 85.6 Å². The summed E-state index contributed by atoms with van der Waals surface area (Å²) in [7, 11) is 1.30. The number of nitrogens with zero attached hydrogens (tertiary/aromatic N) is 1. The van der Waals surface area contributed by atoms with E-state index in [2.05, 4.69) is 30.3 Å². The number of aromatic nitrogens is 1. The number of pyridine rings is 1. The highest BCUT2D eigenvalue weighted by atomic mass is 35.5. The van der Waals surface area contributed by atoms with Gasteiger partial charge in [-0.3, -0.25) is 9.20 Å². The van der Waals surface area contributed by atoms with Gasteiger partial charge < -0.3 is 4.74 Å². The number of hydrogen-bond acceptors (Lipinski definition) is 4. The van der Waals surface area contributed by atoms with E-state index in [1.807, 2.05) is 12.1 Å². The van der Waals surface area contributed by atoms with E-state index >= 15 is 0 Å². The predicted octanol–water partition coefficient (Wildman–Crippen LogP) is 5.42. The van der Waals surface area contributed by atoms with E-state index in [4.69, 9.17) is 16.3 Å². The molecule has 1 aliphatic rings. The molecule has 5 rings (SSSR count). The number of thiazole rings is 1. The van der Waals surface area contributed by atoms with Crippen LogP contribution in [0.2, 0.25) is 4.34 Å². The molecule has 0 amide bonds. The minimum Gasteiger partial charge on any atom is -0.464 e. The van der Waals surface area contributed by atoms with Crippen molar-refractivity contribution in [1.82, 2.24) is 4.40 Å². The number of methoxy groups -OCH3 is 1. The Labute approximate surface area is 176 Å². The average molecular weight is 424 g/mol. The quantitative estimate of drug-likeness (QED) is 0.411. The fourth-order valence-electron chi connectivity index (χ4n) is 4.06. The maximum atomic E-state index is 13.0. The summed E-state index contributed by atoms with van der Waals surface area (Å²) in [5, 5.41) is 2.37. The van der Waals surface area contributed by atoms with E-state index in [0.717, 1.165) is 28.8 Å². The molecule has 1 saturated carbocycles. The Morgan fingerprint density at radius 2 is 1.93 bits per heavy atom. The Kier molecular flexibility index (Phi) is 4.45. The minimum atomic E-state index is -0.591. The zero-order chi connectivity index (χ0) is 20.1. The van der Waals surface area contributed by atoms with Gasteiger partial charge in [0.25, 0.3) is 5.56 Å². The van der Waals surface area contributed by atoms with Gasteiger partial charge in [0.05, 0.1) is 7.11 Å². The average Bonchev–Trinajstić information content (AvgIpc) is 3.49. The van der Waals surface area contributed by atoms with Gasteiger partial charge in [0, 0.05) is 6.07 Å². The van der Waals surface area contributed by atoms with Gasteiger partial charge in [-0.25, -0.2) is 4.79 Å². The molecular weight excluding hydrogens is 406 g/mol. The van der Waals surface area contributed by atoms with E-state index in [1.54, 1.807) is 6.07 Å². The number of esters is 1. The lowest BCUT2D eigenvalue weighted by atomic mass is 9.95. The van der Waals surface area contributed by atoms with E-state index in [-0.39, 0.29) is 15.6 Å². The van der Waals surface area contributed by atoms with Crippen LogP contribution in [0.1, 0.15) is 45.9 Å². The summed E-state index contributed by atoms with van der Waals surface area (Å²) in [6.45, 7) is 0. The van der Waals surface area contributed by atoms with Crippen molar-refractivity contribution < 1.29 is 9.53 Å². The van der Waals surface area contributed by atoms with Crippen LogP contribution in [-0.2, 0) is 11.2 Å². The molecule has 2 aromatic heterocycles. The number of ether oxygens (including phenoxy) is 1.